The SMILES string of the molecule is CC(C(=O)Nc1ccc2c(c1)CNCC2)S(C)(=O)=O.Cl. The van der Waals surface area contributed by atoms with Gasteiger partial charge in [0.2, 0.25) is 5.91 Å². The predicted octanol–water partition coefficient (Wildman–Crippen LogP) is 1.13. The number of nitrogens with one attached hydrogen (secondary N) is 2. The summed E-state index contributed by atoms with van der Waals surface area (Å²) in [6.07, 6.45) is 2.04. The summed E-state index contributed by atoms with van der Waals surface area (Å²) in [7, 11) is -3.36. The first-order chi connectivity index (χ1) is 8.88. The zero-order valence-corrected chi connectivity index (χ0v) is 13.1. The number of rotatable bonds is 3. The Kier molecular flexibility index (Phi) is 5.56. The number of amides is 1. The van der Waals surface area contributed by atoms with E-state index in [1.165, 1.54) is 12.5 Å². The van der Waals surface area contributed by atoms with Gasteiger partial charge in [0.1, 0.15) is 5.25 Å². The van der Waals surface area contributed by atoms with Crippen molar-refractivity contribution in [2.24, 2.45) is 0 Å². The number of fused-ring (bicyclic) bond motifs is 1. The van der Waals surface area contributed by atoms with Crippen LogP contribution >= 0.6 is 12.4 Å². The molecule has 5 nitrogen and oxygen atoms in total. The van der Waals surface area contributed by atoms with Crippen molar-refractivity contribution in [3.63, 3.8) is 0 Å². The molecule has 1 aromatic carbocycles. The molecule has 7 heteroatoms. The van der Waals surface area contributed by atoms with Gasteiger partial charge in [-0.15, -0.1) is 12.4 Å². The van der Waals surface area contributed by atoms with Crippen molar-refractivity contribution in [3.8, 4) is 0 Å². The van der Waals surface area contributed by atoms with E-state index in [0.717, 1.165) is 31.3 Å². The lowest BCUT2D eigenvalue weighted by molar-refractivity contribution is -0.115. The number of anilines is 1. The van der Waals surface area contributed by atoms with Gasteiger partial charge in [-0.1, -0.05) is 6.07 Å². The minimum absolute atomic E-state index is 0. The van der Waals surface area contributed by atoms with E-state index in [1.807, 2.05) is 18.2 Å². The third-order valence-corrected chi connectivity index (χ3v) is 4.87. The van der Waals surface area contributed by atoms with Crippen LogP contribution in [0.25, 0.3) is 0 Å². The van der Waals surface area contributed by atoms with E-state index in [4.69, 9.17) is 0 Å². The van der Waals surface area contributed by atoms with Crippen molar-refractivity contribution >= 4 is 33.8 Å². The van der Waals surface area contributed by atoms with Gasteiger partial charge in [0.05, 0.1) is 0 Å². The van der Waals surface area contributed by atoms with Crippen molar-refractivity contribution in [1.82, 2.24) is 5.32 Å². The van der Waals surface area contributed by atoms with Gasteiger partial charge < -0.3 is 10.6 Å². The first-order valence-electron chi connectivity index (χ1n) is 6.20. The van der Waals surface area contributed by atoms with Gasteiger partial charge in [0.15, 0.2) is 9.84 Å². The molecule has 1 amide bonds. The second kappa shape index (κ2) is 6.56. The third-order valence-electron chi connectivity index (χ3n) is 3.37. The summed E-state index contributed by atoms with van der Waals surface area (Å²) in [5, 5.41) is 4.87. The van der Waals surface area contributed by atoms with Crippen LogP contribution in [-0.2, 0) is 27.6 Å². The Balaban J connectivity index is 0.00000200. The summed E-state index contributed by atoms with van der Waals surface area (Å²) < 4.78 is 22.6. The number of hydrogen-bond donors (Lipinski definition) is 2. The Hall–Kier alpha value is -1.11. The molecule has 112 valence electrons. The highest BCUT2D eigenvalue weighted by atomic mass is 35.5. The monoisotopic (exact) mass is 318 g/mol. The van der Waals surface area contributed by atoms with Gasteiger partial charge in [-0.25, -0.2) is 8.42 Å². The number of benzene rings is 1. The molecular formula is C13H19ClN2O3S. The molecule has 0 saturated carbocycles. The van der Waals surface area contributed by atoms with E-state index >= 15 is 0 Å². The van der Waals surface area contributed by atoms with Crippen LogP contribution in [0.1, 0.15) is 18.1 Å². The molecule has 0 aliphatic carbocycles. The van der Waals surface area contributed by atoms with E-state index in [-0.39, 0.29) is 12.4 Å². The highest BCUT2D eigenvalue weighted by Gasteiger charge is 2.23. The van der Waals surface area contributed by atoms with Crippen molar-refractivity contribution in [2.75, 3.05) is 18.1 Å². The minimum atomic E-state index is -3.36. The van der Waals surface area contributed by atoms with Crippen LogP contribution in [-0.4, -0.2) is 32.4 Å². The standard InChI is InChI=1S/C13H18N2O3S.ClH/c1-9(19(2,17)18)13(16)15-12-4-3-10-5-6-14-8-11(10)7-12;/h3-4,7,9,14H,5-6,8H2,1-2H3,(H,15,16);1H. The lowest BCUT2D eigenvalue weighted by Crippen LogP contribution is -2.32. The molecule has 0 aromatic heterocycles. The van der Waals surface area contributed by atoms with Crippen LogP contribution in [0.2, 0.25) is 0 Å². The molecule has 2 rings (SSSR count). The summed E-state index contributed by atoms with van der Waals surface area (Å²) >= 11 is 0. The fourth-order valence-corrected chi connectivity index (χ4v) is 2.44. The van der Waals surface area contributed by atoms with Crippen LogP contribution in [0.3, 0.4) is 0 Å². The molecule has 1 atom stereocenters. The Morgan fingerprint density at radius 3 is 2.70 bits per heavy atom. The number of sulfone groups is 1. The molecule has 0 bridgehead atoms. The van der Waals surface area contributed by atoms with Gasteiger partial charge in [-0.3, -0.25) is 4.79 Å². The van der Waals surface area contributed by atoms with Crippen LogP contribution in [0.4, 0.5) is 5.69 Å². The molecule has 1 unspecified atom stereocenters. The molecule has 0 spiro atoms. The summed E-state index contributed by atoms with van der Waals surface area (Å²) in [6.45, 7) is 3.13. The maximum Gasteiger partial charge on any atom is 0.242 e. The Labute approximate surface area is 125 Å². The highest BCUT2D eigenvalue weighted by molar-refractivity contribution is 7.92. The average Bonchev–Trinajstić information content (AvgIpc) is 2.36. The van der Waals surface area contributed by atoms with Gasteiger partial charge in [-0.2, -0.15) is 0 Å². The third kappa shape index (κ3) is 3.94. The zero-order valence-electron chi connectivity index (χ0n) is 11.5. The summed E-state index contributed by atoms with van der Waals surface area (Å²) in [5.41, 5.74) is 3.06. The normalized spacial score (nSPS) is 15.7. The van der Waals surface area contributed by atoms with Gasteiger partial charge in [0.25, 0.3) is 0 Å². The molecule has 2 N–H and O–H groups in total. The first kappa shape index (κ1) is 16.9. The van der Waals surface area contributed by atoms with Crippen molar-refractivity contribution in [1.29, 1.82) is 0 Å². The summed E-state index contributed by atoms with van der Waals surface area (Å²) in [6, 6.07) is 5.70. The smallest absolute Gasteiger partial charge is 0.242 e. The molecule has 1 aliphatic rings. The molecular weight excluding hydrogens is 300 g/mol. The minimum Gasteiger partial charge on any atom is -0.325 e. The molecule has 1 aliphatic heterocycles. The molecule has 20 heavy (non-hydrogen) atoms. The second-order valence-corrected chi connectivity index (χ2v) is 7.24. The highest BCUT2D eigenvalue weighted by Crippen LogP contribution is 2.19. The second-order valence-electron chi connectivity index (χ2n) is 4.87. The maximum atomic E-state index is 11.8. The number of halogens is 1. The predicted molar refractivity (Wildman–Crippen MR) is 82.0 cm³/mol. The average molecular weight is 319 g/mol. The lowest BCUT2D eigenvalue weighted by Gasteiger charge is -2.18. The van der Waals surface area contributed by atoms with E-state index in [0.29, 0.717) is 5.69 Å². The number of hydrogen-bond acceptors (Lipinski definition) is 4. The molecule has 0 fully saturated rings. The van der Waals surface area contributed by atoms with E-state index in [9.17, 15) is 13.2 Å². The largest absolute Gasteiger partial charge is 0.325 e. The number of carbonyl (C=O) groups is 1. The quantitative estimate of drug-likeness (QED) is 0.876. The van der Waals surface area contributed by atoms with Gasteiger partial charge in [-0.05, 0) is 43.1 Å². The van der Waals surface area contributed by atoms with Crippen LogP contribution < -0.4 is 10.6 Å². The lowest BCUT2D eigenvalue weighted by atomic mass is 10.0. The van der Waals surface area contributed by atoms with Crippen molar-refractivity contribution in [2.45, 2.75) is 25.1 Å². The van der Waals surface area contributed by atoms with Crippen molar-refractivity contribution in [3.05, 3.63) is 29.3 Å². The molecule has 0 saturated heterocycles. The molecule has 1 aromatic rings. The Morgan fingerprint density at radius 2 is 2.05 bits per heavy atom. The Morgan fingerprint density at radius 1 is 1.35 bits per heavy atom. The maximum absolute atomic E-state index is 11.8. The van der Waals surface area contributed by atoms with Crippen LogP contribution in [0, 0.1) is 0 Å². The van der Waals surface area contributed by atoms with E-state index < -0.39 is 21.0 Å². The van der Waals surface area contributed by atoms with Gasteiger partial charge >= 0.3 is 0 Å². The van der Waals surface area contributed by atoms with Crippen LogP contribution in [0.15, 0.2) is 18.2 Å². The molecule has 0 radical (unpaired) electrons. The fraction of sp³-hybridized carbons (Fsp3) is 0.462. The van der Waals surface area contributed by atoms with E-state index in [1.54, 1.807) is 0 Å². The summed E-state index contributed by atoms with van der Waals surface area (Å²) in [4.78, 5) is 11.8. The Bertz CT molecular complexity index is 602. The van der Waals surface area contributed by atoms with Crippen LogP contribution in [0.5, 0.6) is 0 Å². The van der Waals surface area contributed by atoms with Gasteiger partial charge in [0, 0.05) is 18.5 Å². The topological polar surface area (TPSA) is 75.3 Å². The van der Waals surface area contributed by atoms with E-state index in [2.05, 4.69) is 10.6 Å². The zero-order chi connectivity index (χ0) is 14.0. The summed E-state index contributed by atoms with van der Waals surface area (Å²) in [5.74, 6) is -0.494. The number of carbonyl (C=O) groups excluding carboxylic acids is 1. The fourth-order valence-electron chi connectivity index (χ4n) is 2.00. The molecule has 1 heterocycles. The first-order valence-corrected chi connectivity index (χ1v) is 8.15. The van der Waals surface area contributed by atoms with Crippen molar-refractivity contribution < 1.29 is 13.2 Å².